The van der Waals surface area contributed by atoms with E-state index in [0.29, 0.717) is 6.10 Å². The molecule has 0 N–H and O–H groups in total. The summed E-state index contributed by atoms with van der Waals surface area (Å²) in [5, 5.41) is 3.73. The molecule has 2 nitrogen and oxygen atoms in total. The monoisotopic (exact) mass is 127 g/mol. The fraction of sp³-hybridized carbons (Fsp3) is 0.857. The minimum atomic E-state index is 0.418. The topological polar surface area (TPSA) is 21.6 Å². The summed E-state index contributed by atoms with van der Waals surface area (Å²) < 4.78 is 0. The van der Waals surface area contributed by atoms with Gasteiger partial charge in [0.2, 0.25) is 0 Å². The van der Waals surface area contributed by atoms with E-state index in [2.05, 4.69) is 5.16 Å². The molecule has 0 amide bonds. The smallest absolute Gasteiger partial charge is 0.127 e. The first-order valence-corrected chi connectivity index (χ1v) is 3.57. The lowest BCUT2D eigenvalue weighted by Crippen LogP contribution is -2.01. The Bertz CT molecular complexity index is 95.1. The van der Waals surface area contributed by atoms with Crippen LogP contribution >= 0.6 is 0 Å². The molecule has 0 aromatic rings. The molecular formula is C7H13NO. The van der Waals surface area contributed by atoms with Crippen LogP contribution in [0.5, 0.6) is 0 Å². The number of oxime groups is 1. The van der Waals surface area contributed by atoms with E-state index in [1.807, 2.05) is 6.92 Å². The molecule has 1 aliphatic rings. The third-order valence-corrected chi connectivity index (χ3v) is 1.62. The van der Waals surface area contributed by atoms with Crippen molar-refractivity contribution in [1.82, 2.24) is 0 Å². The Morgan fingerprint density at radius 3 is 2.67 bits per heavy atom. The van der Waals surface area contributed by atoms with Gasteiger partial charge < -0.3 is 4.84 Å². The van der Waals surface area contributed by atoms with Gasteiger partial charge in [-0.15, -0.1) is 0 Å². The number of hydrogen-bond donors (Lipinski definition) is 0. The second-order valence-electron chi connectivity index (χ2n) is 2.38. The van der Waals surface area contributed by atoms with E-state index in [1.54, 1.807) is 6.21 Å². The van der Waals surface area contributed by atoms with Gasteiger partial charge in [0, 0.05) is 6.21 Å². The molecule has 0 unspecified atom stereocenters. The van der Waals surface area contributed by atoms with E-state index in [1.165, 1.54) is 25.7 Å². The first-order chi connectivity index (χ1) is 4.43. The van der Waals surface area contributed by atoms with Crippen molar-refractivity contribution >= 4 is 6.21 Å². The van der Waals surface area contributed by atoms with Gasteiger partial charge in [0.25, 0.3) is 0 Å². The molecule has 52 valence electrons. The molecule has 1 aliphatic carbocycles. The van der Waals surface area contributed by atoms with Crippen molar-refractivity contribution in [3.05, 3.63) is 0 Å². The molecule has 1 fully saturated rings. The average molecular weight is 127 g/mol. The Labute approximate surface area is 55.9 Å². The minimum absolute atomic E-state index is 0.418. The summed E-state index contributed by atoms with van der Waals surface area (Å²) in [5.74, 6) is 0. The predicted octanol–water partition coefficient (Wildman–Crippen LogP) is 1.95. The highest BCUT2D eigenvalue weighted by Crippen LogP contribution is 2.20. The van der Waals surface area contributed by atoms with Gasteiger partial charge in [0.1, 0.15) is 6.10 Å². The number of hydrogen-bond acceptors (Lipinski definition) is 2. The molecular weight excluding hydrogens is 114 g/mol. The third kappa shape index (κ3) is 2.04. The molecule has 0 radical (unpaired) electrons. The fourth-order valence-corrected chi connectivity index (χ4v) is 1.14. The molecule has 2 heteroatoms. The van der Waals surface area contributed by atoms with Crippen LogP contribution in [0.1, 0.15) is 32.6 Å². The molecule has 0 spiro atoms. The summed E-state index contributed by atoms with van der Waals surface area (Å²) in [7, 11) is 0. The van der Waals surface area contributed by atoms with Gasteiger partial charge in [0.05, 0.1) is 0 Å². The van der Waals surface area contributed by atoms with Crippen molar-refractivity contribution in [1.29, 1.82) is 0 Å². The van der Waals surface area contributed by atoms with Crippen LogP contribution in [0, 0.1) is 0 Å². The van der Waals surface area contributed by atoms with Crippen LogP contribution in [-0.2, 0) is 4.84 Å². The van der Waals surface area contributed by atoms with Crippen LogP contribution in [0.2, 0.25) is 0 Å². The molecule has 0 aliphatic heterocycles. The maximum Gasteiger partial charge on any atom is 0.127 e. The van der Waals surface area contributed by atoms with Crippen LogP contribution in [0.25, 0.3) is 0 Å². The zero-order valence-electron chi connectivity index (χ0n) is 5.84. The first-order valence-electron chi connectivity index (χ1n) is 3.57. The lowest BCUT2D eigenvalue weighted by Gasteiger charge is -2.03. The lowest BCUT2D eigenvalue weighted by atomic mass is 10.3. The van der Waals surface area contributed by atoms with Crippen LogP contribution in [0.3, 0.4) is 0 Å². The summed E-state index contributed by atoms with van der Waals surface area (Å²) in [6, 6.07) is 0. The third-order valence-electron chi connectivity index (χ3n) is 1.62. The molecule has 0 atom stereocenters. The highest BCUT2D eigenvalue weighted by molar-refractivity contribution is 5.52. The Balaban J connectivity index is 2.11. The van der Waals surface area contributed by atoms with Crippen LogP contribution in [0.15, 0.2) is 5.16 Å². The normalized spacial score (nSPS) is 21.4. The van der Waals surface area contributed by atoms with E-state index in [4.69, 9.17) is 4.84 Å². The van der Waals surface area contributed by atoms with E-state index < -0.39 is 0 Å². The zero-order chi connectivity index (χ0) is 6.53. The Kier molecular flexibility index (Phi) is 2.55. The zero-order valence-corrected chi connectivity index (χ0v) is 5.84. The summed E-state index contributed by atoms with van der Waals surface area (Å²) in [4.78, 5) is 5.12. The molecule has 0 bridgehead atoms. The number of rotatable bonds is 2. The molecule has 1 rings (SSSR count). The Hall–Kier alpha value is -0.530. The highest BCUT2D eigenvalue weighted by Gasteiger charge is 2.15. The van der Waals surface area contributed by atoms with Gasteiger partial charge >= 0.3 is 0 Å². The van der Waals surface area contributed by atoms with E-state index in [9.17, 15) is 0 Å². The van der Waals surface area contributed by atoms with Crippen molar-refractivity contribution in [3.8, 4) is 0 Å². The maximum absolute atomic E-state index is 5.12. The van der Waals surface area contributed by atoms with Crippen molar-refractivity contribution in [2.24, 2.45) is 5.16 Å². The summed E-state index contributed by atoms with van der Waals surface area (Å²) >= 11 is 0. The van der Waals surface area contributed by atoms with Crippen molar-refractivity contribution in [3.63, 3.8) is 0 Å². The van der Waals surface area contributed by atoms with E-state index in [-0.39, 0.29) is 0 Å². The SMILES string of the molecule is C/C=N\OC1CCCC1. The Morgan fingerprint density at radius 2 is 2.11 bits per heavy atom. The number of nitrogens with zero attached hydrogens (tertiary/aromatic N) is 1. The molecule has 0 aromatic heterocycles. The van der Waals surface area contributed by atoms with Crippen LogP contribution < -0.4 is 0 Å². The highest BCUT2D eigenvalue weighted by atomic mass is 16.6. The van der Waals surface area contributed by atoms with Crippen molar-refractivity contribution in [2.45, 2.75) is 38.7 Å². The second kappa shape index (κ2) is 3.49. The molecule has 9 heavy (non-hydrogen) atoms. The predicted molar refractivity (Wildman–Crippen MR) is 37.5 cm³/mol. The molecule has 0 heterocycles. The van der Waals surface area contributed by atoms with Crippen molar-refractivity contribution < 1.29 is 4.84 Å². The second-order valence-corrected chi connectivity index (χ2v) is 2.38. The van der Waals surface area contributed by atoms with Gasteiger partial charge in [-0.3, -0.25) is 0 Å². The average Bonchev–Trinajstić information content (AvgIpc) is 2.34. The quantitative estimate of drug-likeness (QED) is 0.410. The maximum atomic E-state index is 5.12. The summed E-state index contributed by atoms with van der Waals surface area (Å²) in [6.45, 7) is 1.87. The lowest BCUT2D eigenvalue weighted by molar-refractivity contribution is 0.0655. The van der Waals surface area contributed by atoms with Gasteiger partial charge in [-0.1, -0.05) is 5.16 Å². The summed E-state index contributed by atoms with van der Waals surface area (Å²) in [6.07, 6.45) is 7.11. The van der Waals surface area contributed by atoms with Gasteiger partial charge in [-0.2, -0.15) is 0 Å². The standard InChI is InChI=1S/C7H13NO/c1-2-8-9-7-5-3-4-6-7/h2,7H,3-6H2,1H3/b8-2-. The molecule has 0 aromatic carbocycles. The van der Waals surface area contributed by atoms with Gasteiger partial charge in [-0.05, 0) is 32.6 Å². The van der Waals surface area contributed by atoms with E-state index >= 15 is 0 Å². The molecule has 0 saturated heterocycles. The minimum Gasteiger partial charge on any atom is -0.393 e. The van der Waals surface area contributed by atoms with Crippen LogP contribution in [-0.4, -0.2) is 12.3 Å². The molecule has 1 saturated carbocycles. The summed E-state index contributed by atoms with van der Waals surface area (Å²) in [5.41, 5.74) is 0. The van der Waals surface area contributed by atoms with E-state index in [0.717, 1.165) is 0 Å². The van der Waals surface area contributed by atoms with Gasteiger partial charge in [0.15, 0.2) is 0 Å². The van der Waals surface area contributed by atoms with Crippen molar-refractivity contribution in [2.75, 3.05) is 0 Å². The van der Waals surface area contributed by atoms with Gasteiger partial charge in [-0.25, -0.2) is 0 Å². The largest absolute Gasteiger partial charge is 0.393 e. The van der Waals surface area contributed by atoms with Crippen LogP contribution in [0.4, 0.5) is 0 Å². The fourth-order valence-electron chi connectivity index (χ4n) is 1.14. The Morgan fingerprint density at radius 1 is 1.44 bits per heavy atom. The first kappa shape index (κ1) is 6.59.